The van der Waals surface area contributed by atoms with Crippen LogP contribution >= 0.6 is 0 Å². The highest BCUT2D eigenvalue weighted by molar-refractivity contribution is 5.87. The molecular formula is C29H30F2N2O. The van der Waals surface area contributed by atoms with Crippen LogP contribution in [0.1, 0.15) is 51.9 Å². The molecule has 0 spiro atoms. The molecule has 4 rings (SSSR count). The summed E-state index contributed by atoms with van der Waals surface area (Å²) in [5, 5.41) is 3.71. The summed E-state index contributed by atoms with van der Waals surface area (Å²) in [6.07, 6.45) is -2.22. The van der Waals surface area contributed by atoms with E-state index in [1.54, 1.807) is 4.57 Å². The van der Waals surface area contributed by atoms with Crippen LogP contribution in [-0.4, -0.2) is 10.5 Å². The third kappa shape index (κ3) is 5.19. The minimum atomic E-state index is -2.64. The van der Waals surface area contributed by atoms with Crippen molar-refractivity contribution >= 4 is 16.8 Å². The molecule has 0 aliphatic heterocycles. The summed E-state index contributed by atoms with van der Waals surface area (Å²) in [7, 11) is 0. The Morgan fingerprint density at radius 2 is 1.71 bits per heavy atom. The summed E-state index contributed by atoms with van der Waals surface area (Å²) < 4.78 is 30.6. The predicted molar refractivity (Wildman–Crippen MR) is 133 cm³/mol. The van der Waals surface area contributed by atoms with Crippen LogP contribution in [0.4, 0.5) is 8.78 Å². The first-order valence-corrected chi connectivity index (χ1v) is 11.6. The number of nitrogens with zero attached hydrogens (tertiary/aromatic N) is 1. The number of halogens is 2. The summed E-state index contributed by atoms with van der Waals surface area (Å²) in [6.45, 7) is 6.81. The van der Waals surface area contributed by atoms with Gasteiger partial charge in [0.05, 0.1) is 5.69 Å². The maximum atomic E-state index is 14.4. The standard InChI is InChI=1S/C29H30F2N2O/c1-19-7-6-8-22(15-19)17-32-27(34)14-13-25-24-9-4-5-10-26(24)33(28(25)29(30)31)18-23-16-20(2)11-12-21(23)3/h4-12,15-16,29H,13-14,17-18H2,1-3H3,(H,32,34). The third-order valence-corrected chi connectivity index (χ3v) is 6.33. The molecule has 1 heterocycles. The minimum absolute atomic E-state index is 0.00795. The van der Waals surface area contributed by atoms with E-state index in [0.29, 0.717) is 18.7 Å². The number of fused-ring (bicyclic) bond motifs is 1. The molecule has 34 heavy (non-hydrogen) atoms. The molecule has 5 heteroatoms. The number of aryl methyl sites for hydroxylation is 4. The molecular weight excluding hydrogens is 430 g/mol. The number of amides is 1. The Morgan fingerprint density at radius 1 is 0.941 bits per heavy atom. The Morgan fingerprint density at radius 3 is 2.47 bits per heavy atom. The normalized spacial score (nSPS) is 11.4. The molecule has 0 radical (unpaired) electrons. The van der Waals surface area contributed by atoms with Crippen molar-refractivity contribution in [3.8, 4) is 0 Å². The first-order chi connectivity index (χ1) is 16.3. The number of hydrogen-bond donors (Lipinski definition) is 1. The number of hydrogen-bond acceptors (Lipinski definition) is 1. The van der Waals surface area contributed by atoms with Gasteiger partial charge in [-0.25, -0.2) is 8.78 Å². The number of carbonyl (C=O) groups excluding carboxylic acids is 1. The quantitative estimate of drug-likeness (QED) is 0.308. The van der Waals surface area contributed by atoms with Gasteiger partial charge in [-0.1, -0.05) is 71.8 Å². The molecule has 4 aromatic rings. The molecule has 176 valence electrons. The number of alkyl halides is 2. The SMILES string of the molecule is Cc1cccc(CNC(=O)CCc2c(C(F)F)n(Cc3cc(C)ccc3C)c3ccccc23)c1. The van der Waals surface area contributed by atoms with Crippen molar-refractivity contribution in [1.82, 2.24) is 9.88 Å². The van der Waals surface area contributed by atoms with Crippen molar-refractivity contribution in [3.63, 3.8) is 0 Å². The molecule has 0 saturated heterocycles. The number of nitrogens with one attached hydrogen (secondary N) is 1. The van der Waals surface area contributed by atoms with Crippen LogP contribution in [-0.2, 0) is 24.3 Å². The largest absolute Gasteiger partial charge is 0.352 e. The fraction of sp³-hybridized carbons (Fsp3) is 0.276. The molecule has 3 aromatic carbocycles. The van der Waals surface area contributed by atoms with Crippen molar-refractivity contribution in [1.29, 1.82) is 0 Å². The topological polar surface area (TPSA) is 34.0 Å². The third-order valence-electron chi connectivity index (χ3n) is 6.33. The maximum Gasteiger partial charge on any atom is 0.278 e. The first-order valence-electron chi connectivity index (χ1n) is 11.6. The lowest BCUT2D eigenvalue weighted by Gasteiger charge is -2.14. The molecule has 0 aliphatic carbocycles. The summed E-state index contributed by atoms with van der Waals surface area (Å²) in [4.78, 5) is 12.6. The second-order valence-electron chi connectivity index (χ2n) is 8.96. The second-order valence-corrected chi connectivity index (χ2v) is 8.96. The molecule has 0 aliphatic rings. The highest BCUT2D eigenvalue weighted by Gasteiger charge is 2.24. The average Bonchev–Trinajstić information content (AvgIpc) is 3.12. The highest BCUT2D eigenvalue weighted by atomic mass is 19.3. The van der Waals surface area contributed by atoms with Gasteiger partial charge in [0.25, 0.3) is 6.43 Å². The van der Waals surface area contributed by atoms with Gasteiger partial charge >= 0.3 is 0 Å². The van der Waals surface area contributed by atoms with E-state index in [0.717, 1.165) is 38.7 Å². The summed E-state index contributed by atoms with van der Waals surface area (Å²) in [5.41, 5.74) is 6.67. The van der Waals surface area contributed by atoms with Crippen molar-refractivity contribution in [2.75, 3.05) is 0 Å². The van der Waals surface area contributed by atoms with E-state index in [4.69, 9.17) is 0 Å². The van der Waals surface area contributed by atoms with Crippen LogP contribution in [0.25, 0.3) is 10.9 Å². The van der Waals surface area contributed by atoms with Gasteiger partial charge in [0, 0.05) is 30.4 Å². The van der Waals surface area contributed by atoms with E-state index in [1.165, 1.54) is 0 Å². The molecule has 0 bridgehead atoms. The van der Waals surface area contributed by atoms with Gasteiger partial charge in [-0.15, -0.1) is 0 Å². The number of benzene rings is 3. The molecule has 0 unspecified atom stereocenters. The molecule has 0 fully saturated rings. The predicted octanol–water partition coefficient (Wildman–Crippen LogP) is 6.80. The smallest absolute Gasteiger partial charge is 0.278 e. The number of rotatable bonds is 8. The highest BCUT2D eigenvalue weighted by Crippen LogP contribution is 2.35. The Bertz CT molecular complexity index is 1320. The van der Waals surface area contributed by atoms with Crippen molar-refractivity contribution < 1.29 is 13.6 Å². The van der Waals surface area contributed by atoms with Gasteiger partial charge in [-0.2, -0.15) is 0 Å². The minimum Gasteiger partial charge on any atom is -0.352 e. The van der Waals surface area contributed by atoms with Gasteiger partial charge in [-0.3, -0.25) is 4.79 Å². The van der Waals surface area contributed by atoms with Crippen molar-refractivity contribution in [2.45, 2.75) is 53.1 Å². The number of carbonyl (C=O) groups is 1. The molecule has 1 aromatic heterocycles. The lowest BCUT2D eigenvalue weighted by atomic mass is 10.0. The van der Waals surface area contributed by atoms with Crippen LogP contribution in [0, 0.1) is 20.8 Å². The number of para-hydroxylation sites is 1. The zero-order valence-electron chi connectivity index (χ0n) is 19.9. The molecule has 3 nitrogen and oxygen atoms in total. The Hall–Kier alpha value is -3.47. The van der Waals surface area contributed by atoms with E-state index >= 15 is 0 Å². The summed E-state index contributed by atoms with van der Waals surface area (Å²) in [5.74, 6) is -0.145. The van der Waals surface area contributed by atoms with Crippen LogP contribution < -0.4 is 5.32 Å². The summed E-state index contributed by atoms with van der Waals surface area (Å²) in [6, 6.07) is 21.5. The zero-order chi connectivity index (χ0) is 24.2. The van der Waals surface area contributed by atoms with Crippen LogP contribution in [0.15, 0.2) is 66.7 Å². The van der Waals surface area contributed by atoms with Crippen LogP contribution in [0.2, 0.25) is 0 Å². The first kappa shape index (κ1) is 23.7. The van der Waals surface area contributed by atoms with E-state index in [2.05, 4.69) is 11.4 Å². The average molecular weight is 461 g/mol. The fourth-order valence-corrected chi connectivity index (χ4v) is 4.57. The van der Waals surface area contributed by atoms with E-state index in [1.807, 2.05) is 81.4 Å². The van der Waals surface area contributed by atoms with Gasteiger partial charge < -0.3 is 9.88 Å². The molecule has 0 saturated carbocycles. The van der Waals surface area contributed by atoms with Crippen molar-refractivity contribution in [2.24, 2.45) is 0 Å². The Kier molecular flexibility index (Phi) is 7.11. The Labute approximate surface area is 199 Å². The maximum absolute atomic E-state index is 14.4. The molecule has 0 atom stereocenters. The summed E-state index contributed by atoms with van der Waals surface area (Å²) >= 11 is 0. The van der Waals surface area contributed by atoms with Crippen molar-refractivity contribution in [3.05, 3.63) is 106 Å². The van der Waals surface area contributed by atoms with E-state index < -0.39 is 6.43 Å². The zero-order valence-corrected chi connectivity index (χ0v) is 19.9. The van der Waals surface area contributed by atoms with Gasteiger partial charge in [0.1, 0.15) is 0 Å². The number of aromatic nitrogens is 1. The van der Waals surface area contributed by atoms with Gasteiger partial charge in [-0.05, 0) is 55.5 Å². The fourth-order valence-electron chi connectivity index (χ4n) is 4.57. The Balaban J connectivity index is 1.60. The monoisotopic (exact) mass is 460 g/mol. The van der Waals surface area contributed by atoms with E-state index in [-0.39, 0.29) is 24.4 Å². The van der Waals surface area contributed by atoms with Gasteiger partial charge in [0.15, 0.2) is 0 Å². The lowest BCUT2D eigenvalue weighted by molar-refractivity contribution is -0.121. The van der Waals surface area contributed by atoms with Crippen LogP contribution in [0.3, 0.4) is 0 Å². The molecule has 1 amide bonds. The van der Waals surface area contributed by atoms with Gasteiger partial charge in [0.2, 0.25) is 5.91 Å². The molecule has 1 N–H and O–H groups in total. The second kappa shape index (κ2) is 10.2. The van der Waals surface area contributed by atoms with E-state index in [9.17, 15) is 13.6 Å². The van der Waals surface area contributed by atoms with Crippen LogP contribution in [0.5, 0.6) is 0 Å². The lowest BCUT2D eigenvalue weighted by Crippen LogP contribution is -2.23.